The van der Waals surface area contributed by atoms with Gasteiger partial charge in [0.25, 0.3) is 0 Å². The van der Waals surface area contributed by atoms with Crippen molar-refractivity contribution in [2.75, 3.05) is 13.2 Å². The molecule has 1 aliphatic heterocycles. The van der Waals surface area contributed by atoms with E-state index in [1.54, 1.807) is 0 Å². The van der Waals surface area contributed by atoms with Gasteiger partial charge in [-0.05, 0) is 26.2 Å². The van der Waals surface area contributed by atoms with E-state index in [9.17, 15) is 4.79 Å². The van der Waals surface area contributed by atoms with Crippen molar-refractivity contribution in [3.8, 4) is 0 Å². The van der Waals surface area contributed by atoms with E-state index in [0.29, 0.717) is 17.5 Å². The molecule has 3 N–H and O–H groups in total. The van der Waals surface area contributed by atoms with Gasteiger partial charge >= 0.3 is 0 Å². The van der Waals surface area contributed by atoms with E-state index >= 15 is 0 Å². The standard InChI is InChI=1S/C14H24N2O2S/c1-10-11(5-8-18-10)9-16-13(17)14(12(15)19)6-3-2-4-7-14/h10-11H,2-9H2,1H3,(H2,15,19)(H,16,17). The lowest BCUT2D eigenvalue weighted by molar-refractivity contribution is -0.129. The van der Waals surface area contributed by atoms with Gasteiger partial charge in [0, 0.05) is 19.1 Å². The van der Waals surface area contributed by atoms with Crippen molar-refractivity contribution in [2.45, 2.75) is 51.6 Å². The van der Waals surface area contributed by atoms with Crippen molar-refractivity contribution < 1.29 is 9.53 Å². The van der Waals surface area contributed by atoms with Crippen LogP contribution in [-0.4, -0.2) is 30.2 Å². The van der Waals surface area contributed by atoms with Crippen LogP contribution in [0.15, 0.2) is 0 Å². The number of thiocarbonyl (C=S) groups is 1. The summed E-state index contributed by atoms with van der Waals surface area (Å²) in [5.41, 5.74) is 5.26. The quantitative estimate of drug-likeness (QED) is 0.772. The highest BCUT2D eigenvalue weighted by Gasteiger charge is 2.42. The Morgan fingerprint density at radius 3 is 2.63 bits per heavy atom. The molecule has 0 aromatic carbocycles. The minimum atomic E-state index is -0.601. The number of carbonyl (C=O) groups is 1. The maximum atomic E-state index is 12.5. The van der Waals surface area contributed by atoms with Gasteiger partial charge in [0.1, 0.15) is 0 Å². The van der Waals surface area contributed by atoms with E-state index in [2.05, 4.69) is 12.2 Å². The highest BCUT2D eigenvalue weighted by Crippen LogP contribution is 2.37. The Morgan fingerprint density at radius 2 is 2.11 bits per heavy atom. The molecule has 0 bridgehead atoms. The topological polar surface area (TPSA) is 64.3 Å². The Hall–Kier alpha value is -0.680. The van der Waals surface area contributed by atoms with E-state index < -0.39 is 5.41 Å². The van der Waals surface area contributed by atoms with Crippen LogP contribution in [0.3, 0.4) is 0 Å². The van der Waals surface area contributed by atoms with Gasteiger partial charge < -0.3 is 15.8 Å². The van der Waals surface area contributed by atoms with Crippen molar-refractivity contribution in [1.29, 1.82) is 0 Å². The Balaban J connectivity index is 1.94. The molecule has 2 aliphatic rings. The monoisotopic (exact) mass is 284 g/mol. The summed E-state index contributed by atoms with van der Waals surface area (Å²) >= 11 is 5.17. The number of hydrogen-bond donors (Lipinski definition) is 2. The Morgan fingerprint density at radius 1 is 1.42 bits per heavy atom. The first kappa shape index (κ1) is 14.7. The van der Waals surface area contributed by atoms with Crippen LogP contribution in [0.4, 0.5) is 0 Å². The largest absolute Gasteiger partial charge is 0.392 e. The number of hydrogen-bond acceptors (Lipinski definition) is 3. The summed E-state index contributed by atoms with van der Waals surface area (Å²) < 4.78 is 5.51. The summed E-state index contributed by atoms with van der Waals surface area (Å²) in [6.45, 7) is 3.53. The first-order chi connectivity index (χ1) is 9.06. The molecule has 1 aliphatic carbocycles. The van der Waals surface area contributed by atoms with Gasteiger partial charge in [0.2, 0.25) is 5.91 Å². The molecule has 0 aromatic heterocycles. The van der Waals surface area contributed by atoms with Gasteiger partial charge in [-0.1, -0.05) is 31.5 Å². The first-order valence-electron chi connectivity index (χ1n) is 7.26. The molecular weight excluding hydrogens is 260 g/mol. The maximum absolute atomic E-state index is 12.5. The zero-order valence-electron chi connectivity index (χ0n) is 11.6. The van der Waals surface area contributed by atoms with E-state index in [4.69, 9.17) is 22.7 Å². The van der Waals surface area contributed by atoms with Crippen molar-refractivity contribution in [3.63, 3.8) is 0 Å². The SMILES string of the molecule is CC1OCCC1CNC(=O)C1(C(N)=S)CCCCC1. The highest BCUT2D eigenvalue weighted by atomic mass is 32.1. The third-order valence-corrected chi connectivity index (χ3v) is 5.06. The van der Waals surface area contributed by atoms with Gasteiger partial charge in [-0.15, -0.1) is 0 Å². The van der Waals surface area contributed by atoms with E-state index in [0.717, 1.165) is 38.7 Å². The van der Waals surface area contributed by atoms with E-state index in [1.807, 2.05) is 0 Å². The molecule has 2 fully saturated rings. The second kappa shape index (κ2) is 6.18. The predicted octanol–water partition coefficient (Wildman–Crippen LogP) is 1.76. The van der Waals surface area contributed by atoms with Crippen molar-refractivity contribution in [1.82, 2.24) is 5.32 Å². The van der Waals surface area contributed by atoms with Gasteiger partial charge in [-0.25, -0.2) is 0 Å². The second-order valence-corrected chi connectivity index (χ2v) is 6.28. The molecule has 1 heterocycles. The van der Waals surface area contributed by atoms with Crippen molar-refractivity contribution in [3.05, 3.63) is 0 Å². The average molecular weight is 284 g/mol. The van der Waals surface area contributed by atoms with E-state index in [-0.39, 0.29) is 12.0 Å². The van der Waals surface area contributed by atoms with E-state index in [1.165, 1.54) is 6.42 Å². The summed E-state index contributed by atoms with van der Waals surface area (Å²) in [5, 5.41) is 3.06. The molecule has 5 heteroatoms. The maximum Gasteiger partial charge on any atom is 0.233 e. The molecule has 2 atom stereocenters. The third kappa shape index (κ3) is 3.08. The zero-order valence-corrected chi connectivity index (χ0v) is 12.4. The molecule has 4 nitrogen and oxygen atoms in total. The second-order valence-electron chi connectivity index (χ2n) is 5.84. The van der Waals surface area contributed by atoms with Gasteiger partial charge in [-0.3, -0.25) is 4.79 Å². The Kier molecular flexibility index (Phi) is 4.79. The fourth-order valence-electron chi connectivity index (χ4n) is 3.18. The summed E-state index contributed by atoms with van der Waals surface area (Å²) in [6.07, 6.45) is 6.08. The predicted molar refractivity (Wildman–Crippen MR) is 78.8 cm³/mol. The summed E-state index contributed by atoms with van der Waals surface area (Å²) in [6, 6.07) is 0. The first-order valence-corrected chi connectivity index (χ1v) is 7.67. The van der Waals surface area contributed by atoms with Crippen LogP contribution in [0.2, 0.25) is 0 Å². The van der Waals surface area contributed by atoms with Crippen LogP contribution < -0.4 is 11.1 Å². The fraction of sp³-hybridized carbons (Fsp3) is 0.857. The molecule has 2 unspecified atom stereocenters. The molecule has 0 radical (unpaired) electrons. The van der Waals surface area contributed by atoms with Gasteiger partial charge in [0.05, 0.1) is 16.5 Å². The number of carbonyl (C=O) groups excluding carboxylic acids is 1. The minimum Gasteiger partial charge on any atom is -0.392 e. The number of nitrogens with two attached hydrogens (primary N) is 1. The Bertz CT molecular complexity index is 353. The molecule has 1 saturated heterocycles. The molecule has 0 aromatic rings. The number of rotatable bonds is 4. The summed E-state index contributed by atoms with van der Waals surface area (Å²) in [5.74, 6) is 0.440. The number of nitrogens with one attached hydrogen (secondary N) is 1. The minimum absolute atomic E-state index is 0.0267. The van der Waals surface area contributed by atoms with Crippen LogP contribution in [0.1, 0.15) is 45.4 Å². The lowest BCUT2D eigenvalue weighted by Crippen LogP contribution is -2.51. The van der Waals surface area contributed by atoms with Crippen LogP contribution in [0.5, 0.6) is 0 Å². The average Bonchev–Trinajstić information content (AvgIpc) is 2.82. The summed E-state index contributed by atoms with van der Waals surface area (Å²) in [7, 11) is 0. The number of amides is 1. The normalized spacial score (nSPS) is 29.9. The van der Waals surface area contributed by atoms with Crippen LogP contribution in [-0.2, 0) is 9.53 Å². The van der Waals surface area contributed by atoms with Crippen LogP contribution in [0.25, 0.3) is 0 Å². The van der Waals surface area contributed by atoms with Gasteiger partial charge in [0.15, 0.2) is 0 Å². The molecular formula is C14H24N2O2S. The van der Waals surface area contributed by atoms with Crippen LogP contribution >= 0.6 is 12.2 Å². The lowest BCUT2D eigenvalue weighted by Gasteiger charge is -2.35. The third-order valence-electron chi connectivity index (χ3n) is 4.67. The van der Waals surface area contributed by atoms with Crippen molar-refractivity contribution >= 4 is 23.1 Å². The zero-order chi connectivity index (χ0) is 13.9. The molecule has 1 amide bonds. The molecule has 2 rings (SSSR count). The Labute approximate surface area is 120 Å². The number of ether oxygens (including phenoxy) is 1. The molecule has 19 heavy (non-hydrogen) atoms. The van der Waals surface area contributed by atoms with Crippen LogP contribution in [0, 0.1) is 11.3 Å². The lowest BCUT2D eigenvalue weighted by atomic mass is 9.73. The smallest absolute Gasteiger partial charge is 0.233 e. The molecule has 0 spiro atoms. The molecule has 108 valence electrons. The van der Waals surface area contributed by atoms with Crippen molar-refractivity contribution in [2.24, 2.45) is 17.1 Å². The summed E-state index contributed by atoms with van der Waals surface area (Å²) in [4.78, 5) is 12.9. The molecule has 1 saturated carbocycles. The highest BCUT2D eigenvalue weighted by molar-refractivity contribution is 7.80. The van der Waals surface area contributed by atoms with Gasteiger partial charge in [-0.2, -0.15) is 0 Å². The fourth-order valence-corrected chi connectivity index (χ4v) is 3.47.